The number of amides is 1. The molecule has 0 N–H and O–H groups in total. The van der Waals surface area contributed by atoms with Crippen LogP contribution in [0.15, 0.2) is 30.3 Å². The molecule has 0 spiro atoms. The van der Waals surface area contributed by atoms with Gasteiger partial charge in [0.2, 0.25) is 15.9 Å². The van der Waals surface area contributed by atoms with E-state index in [-0.39, 0.29) is 23.8 Å². The lowest BCUT2D eigenvalue weighted by atomic mass is 9.85. The van der Waals surface area contributed by atoms with Crippen molar-refractivity contribution in [2.24, 2.45) is 11.8 Å². The monoisotopic (exact) mass is 649 g/mol. The van der Waals surface area contributed by atoms with Crippen LogP contribution in [0.25, 0.3) is 0 Å². The van der Waals surface area contributed by atoms with Crippen molar-refractivity contribution in [3.63, 3.8) is 0 Å². The Bertz CT molecular complexity index is 1490. The maximum atomic E-state index is 15.1. The first-order valence-corrected chi connectivity index (χ1v) is 18.1. The fourth-order valence-electron chi connectivity index (χ4n) is 7.37. The summed E-state index contributed by atoms with van der Waals surface area (Å²) >= 11 is 6.58. The Hall–Kier alpha value is -2.27. The molecule has 1 aliphatic carbocycles. The van der Waals surface area contributed by atoms with Gasteiger partial charge in [0.15, 0.2) is 0 Å². The van der Waals surface area contributed by atoms with Crippen LogP contribution in [0.3, 0.4) is 0 Å². The smallest absolute Gasteiger partial charge is 0.232 e. The zero-order valence-corrected chi connectivity index (χ0v) is 27.1. The summed E-state index contributed by atoms with van der Waals surface area (Å²) in [6, 6.07) is 7.76. The third-order valence-electron chi connectivity index (χ3n) is 10.1. The number of rotatable bonds is 8. The van der Waals surface area contributed by atoms with Gasteiger partial charge in [0, 0.05) is 69.0 Å². The van der Waals surface area contributed by atoms with E-state index in [2.05, 4.69) is 4.90 Å². The average molecular weight is 650 g/mol. The molecule has 1 unspecified atom stereocenters. The number of hydrogen-bond acceptors (Lipinski definition) is 5. The predicted octanol–water partition coefficient (Wildman–Crippen LogP) is 5.70. The molecule has 3 heterocycles. The Morgan fingerprint density at radius 1 is 1.00 bits per heavy atom. The van der Waals surface area contributed by atoms with Crippen LogP contribution in [-0.4, -0.2) is 82.4 Å². The van der Waals surface area contributed by atoms with Crippen LogP contribution >= 0.6 is 11.6 Å². The van der Waals surface area contributed by atoms with E-state index in [0.29, 0.717) is 81.0 Å². The van der Waals surface area contributed by atoms with E-state index in [1.807, 2.05) is 24.0 Å². The summed E-state index contributed by atoms with van der Waals surface area (Å²) in [6.45, 7) is 5.82. The van der Waals surface area contributed by atoms with Crippen LogP contribution in [0.1, 0.15) is 67.1 Å². The second kappa shape index (κ2) is 12.9. The summed E-state index contributed by atoms with van der Waals surface area (Å²) in [5.41, 5.74) is 2.83. The topological polar surface area (TPSA) is 70.2 Å². The Labute approximate surface area is 264 Å². The standard InChI is InChI=1S/C33H42ClF2N3O4S/c1-21-15-32(39(44(2,41)42)18-22-3-4-22)27(17-30(21)34)23-7-11-37(12-8-23)33(40)29-20-38(25-9-13-43-14-10-25)19-28(29)26-6-5-24(35)16-31(26)36/h5-6,15-17,22-23,25,28-29H,3-4,7-14,18-20H2,1-2H3/t28?,29-/m1/s1. The highest BCUT2D eigenvalue weighted by Crippen LogP contribution is 2.42. The van der Waals surface area contributed by atoms with Gasteiger partial charge in [-0.2, -0.15) is 0 Å². The molecule has 3 saturated heterocycles. The first-order chi connectivity index (χ1) is 21.0. The lowest BCUT2D eigenvalue weighted by molar-refractivity contribution is -0.136. The van der Waals surface area contributed by atoms with Gasteiger partial charge in [0.05, 0.1) is 17.9 Å². The van der Waals surface area contributed by atoms with E-state index in [1.165, 1.54) is 18.4 Å². The minimum Gasteiger partial charge on any atom is -0.381 e. The van der Waals surface area contributed by atoms with E-state index in [0.717, 1.165) is 42.9 Å². The molecule has 7 nitrogen and oxygen atoms in total. The van der Waals surface area contributed by atoms with Gasteiger partial charge in [-0.1, -0.05) is 17.7 Å². The number of aryl methyl sites for hydroxylation is 1. The molecular formula is C33H42ClF2N3O4S. The molecule has 240 valence electrons. The molecule has 4 aliphatic rings. The quantitative estimate of drug-likeness (QED) is 0.367. The van der Waals surface area contributed by atoms with Crippen molar-refractivity contribution in [3.8, 4) is 0 Å². The van der Waals surface area contributed by atoms with Gasteiger partial charge in [-0.15, -0.1) is 0 Å². The van der Waals surface area contributed by atoms with Crippen molar-refractivity contribution in [2.75, 3.05) is 56.5 Å². The SMILES string of the molecule is Cc1cc(N(CC2CC2)S(C)(=O)=O)c(C2CCN(C(=O)[C@@H]3CN(C4CCOCC4)CC3c3ccc(F)cc3F)CC2)cc1Cl. The third-order valence-corrected chi connectivity index (χ3v) is 11.6. The molecule has 0 radical (unpaired) electrons. The van der Waals surface area contributed by atoms with Gasteiger partial charge in [-0.05, 0) is 92.2 Å². The lowest BCUT2D eigenvalue weighted by Gasteiger charge is -2.37. The highest BCUT2D eigenvalue weighted by Gasteiger charge is 2.44. The van der Waals surface area contributed by atoms with E-state index < -0.39 is 27.6 Å². The molecule has 0 bridgehead atoms. The molecule has 6 rings (SSSR count). The molecule has 4 fully saturated rings. The lowest BCUT2D eigenvalue weighted by Crippen LogP contribution is -2.44. The van der Waals surface area contributed by atoms with Gasteiger partial charge in [-0.25, -0.2) is 17.2 Å². The largest absolute Gasteiger partial charge is 0.381 e. The fourth-order valence-corrected chi connectivity index (χ4v) is 8.54. The third kappa shape index (κ3) is 6.78. The van der Waals surface area contributed by atoms with Crippen molar-refractivity contribution < 1.29 is 26.7 Å². The number of carbonyl (C=O) groups is 1. The molecule has 44 heavy (non-hydrogen) atoms. The molecule has 2 aromatic rings. The fraction of sp³-hybridized carbons (Fsp3) is 0.606. The molecule has 1 amide bonds. The molecule has 1 saturated carbocycles. The second-order valence-corrected chi connectivity index (χ2v) is 15.5. The summed E-state index contributed by atoms with van der Waals surface area (Å²) in [6.07, 6.45) is 6.41. The highest BCUT2D eigenvalue weighted by atomic mass is 35.5. The number of ether oxygens (including phenoxy) is 1. The first kappa shape index (κ1) is 31.7. The summed E-state index contributed by atoms with van der Waals surface area (Å²) in [7, 11) is -3.49. The number of benzene rings is 2. The Kier molecular flexibility index (Phi) is 9.26. The predicted molar refractivity (Wildman–Crippen MR) is 168 cm³/mol. The van der Waals surface area contributed by atoms with Crippen LogP contribution in [0.2, 0.25) is 5.02 Å². The maximum Gasteiger partial charge on any atom is 0.232 e. The molecule has 3 aliphatic heterocycles. The number of likely N-dealkylation sites (tertiary alicyclic amines) is 2. The number of sulfonamides is 1. The van der Waals surface area contributed by atoms with E-state index in [4.69, 9.17) is 16.3 Å². The molecule has 11 heteroatoms. The molecule has 2 atom stereocenters. The zero-order chi connectivity index (χ0) is 31.2. The van der Waals surface area contributed by atoms with Crippen molar-refractivity contribution >= 4 is 33.2 Å². The van der Waals surface area contributed by atoms with Crippen molar-refractivity contribution in [1.29, 1.82) is 0 Å². The van der Waals surface area contributed by atoms with Crippen LogP contribution < -0.4 is 4.31 Å². The van der Waals surface area contributed by atoms with Crippen LogP contribution in [0.4, 0.5) is 14.5 Å². The van der Waals surface area contributed by atoms with Crippen molar-refractivity contribution in [3.05, 3.63) is 63.7 Å². The van der Waals surface area contributed by atoms with Gasteiger partial charge in [0.1, 0.15) is 11.6 Å². The maximum absolute atomic E-state index is 15.1. The Morgan fingerprint density at radius 2 is 1.70 bits per heavy atom. The minimum absolute atomic E-state index is 0.000363. The van der Waals surface area contributed by atoms with Crippen LogP contribution in [0, 0.1) is 30.4 Å². The van der Waals surface area contributed by atoms with Crippen LogP contribution in [0.5, 0.6) is 0 Å². The summed E-state index contributed by atoms with van der Waals surface area (Å²) in [5, 5.41) is 0.602. The Morgan fingerprint density at radius 3 is 2.34 bits per heavy atom. The average Bonchev–Trinajstić information content (AvgIpc) is 3.72. The number of carbonyl (C=O) groups excluding carboxylic acids is 1. The van der Waals surface area contributed by atoms with E-state index >= 15 is 4.39 Å². The normalized spacial score (nSPS) is 24.2. The zero-order valence-electron chi connectivity index (χ0n) is 25.5. The molecular weight excluding hydrogens is 608 g/mol. The first-order valence-electron chi connectivity index (χ1n) is 15.8. The Balaban J connectivity index is 1.21. The second-order valence-electron chi connectivity index (χ2n) is 13.2. The van der Waals surface area contributed by atoms with E-state index in [9.17, 15) is 17.6 Å². The molecule has 0 aromatic heterocycles. The number of hydrogen-bond donors (Lipinski definition) is 0. The minimum atomic E-state index is -3.49. The summed E-state index contributed by atoms with van der Waals surface area (Å²) in [5.74, 6) is -1.61. The summed E-state index contributed by atoms with van der Waals surface area (Å²) in [4.78, 5) is 18.3. The van der Waals surface area contributed by atoms with Crippen molar-refractivity contribution in [2.45, 2.75) is 63.3 Å². The molecule has 2 aromatic carbocycles. The van der Waals surface area contributed by atoms with Crippen LogP contribution in [-0.2, 0) is 19.6 Å². The number of nitrogens with zero attached hydrogens (tertiary/aromatic N) is 3. The number of piperidine rings is 1. The van der Waals surface area contributed by atoms with Gasteiger partial charge >= 0.3 is 0 Å². The summed E-state index contributed by atoms with van der Waals surface area (Å²) < 4.78 is 61.8. The van der Waals surface area contributed by atoms with E-state index in [1.54, 1.807) is 4.31 Å². The van der Waals surface area contributed by atoms with Gasteiger partial charge < -0.3 is 9.64 Å². The van der Waals surface area contributed by atoms with Gasteiger partial charge in [-0.3, -0.25) is 14.0 Å². The number of halogens is 3. The van der Waals surface area contributed by atoms with Gasteiger partial charge in [0.25, 0.3) is 0 Å². The highest BCUT2D eigenvalue weighted by molar-refractivity contribution is 7.92. The van der Waals surface area contributed by atoms with Crippen molar-refractivity contribution in [1.82, 2.24) is 9.80 Å². The number of anilines is 1.